The van der Waals surface area contributed by atoms with Gasteiger partial charge in [0.1, 0.15) is 5.82 Å². The molecule has 1 aliphatic heterocycles. The van der Waals surface area contributed by atoms with E-state index in [1.165, 1.54) is 16.7 Å². The van der Waals surface area contributed by atoms with Gasteiger partial charge in [0, 0.05) is 20.5 Å². The van der Waals surface area contributed by atoms with Crippen LogP contribution < -0.4 is 0 Å². The quantitative estimate of drug-likeness (QED) is 0.867. The van der Waals surface area contributed by atoms with Crippen molar-refractivity contribution in [2.45, 2.75) is 31.9 Å². The summed E-state index contributed by atoms with van der Waals surface area (Å²) in [6.45, 7) is 2.33. The summed E-state index contributed by atoms with van der Waals surface area (Å²) in [6.07, 6.45) is 2.69. The number of amides is 2. The van der Waals surface area contributed by atoms with Crippen molar-refractivity contribution in [1.82, 2.24) is 19.8 Å². The molecule has 0 radical (unpaired) electrons. The Hall–Kier alpha value is -2.67. The Kier molecular flexibility index (Phi) is 5.08. The number of piperidine rings is 1. The van der Waals surface area contributed by atoms with Gasteiger partial charge < -0.3 is 19.9 Å². The Labute approximate surface area is 152 Å². The molecule has 1 aromatic heterocycles. The van der Waals surface area contributed by atoms with Crippen molar-refractivity contribution in [1.29, 1.82) is 0 Å². The first kappa shape index (κ1) is 18.1. The lowest BCUT2D eigenvalue weighted by Crippen LogP contribution is -2.58. The van der Waals surface area contributed by atoms with E-state index in [-0.39, 0.29) is 24.9 Å². The van der Waals surface area contributed by atoms with Gasteiger partial charge in [-0.05, 0) is 18.4 Å². The monoisotopic (exact) mass is 356 g/mol. The number of imidazole rings is 1. The van der Waals surface area contributed by atoms with Crippen molar-refractivity contribution in [2.24, 2.45) is 0 Å². The van der Waals surface area contributed by atoms with E-state index in [0.717, 1.165) is 11.3 Å². The third-order valence-electron chi connectivity index (χ3n) is 4.76. The maximum atomic E-state index is 12.8. The van der Waals surface area contributed by atoms with Crippen LogP contribution in [-0.4, -0.2) is 62.4 Å². The molecule has 2 N–H and O–H groups in total. The van der Waals surface area contributed by atoms with Gasteiger partial charge in [-0.2, -0.15) is 0 Å². The van der Waals surface area contributed by atoms with Gasteiger partial charge in [0.25, 0.3) is 5.91 Å². The molecule has 138 valence electrons. The van der Waals surface area contributed by atoms with E-state index in [0.29, 0.717) is 25.2 Å². The molecule has 1 atom stereocenters. The van der Waals surface area contributed by atoms with Gasteiger partial charge in [0.2, 0.25) is 5.91 Å². The number of aliphatic hydroxyl groups is 1. The van der Waals surface area contributed by atoms with Crippen LogP contribution in [0.25, 0.3) is 11.3 Å². The topological polar surface area (TPSA) is 89.5 Å². The number of aromatic amines is 1. The molecule has 7 nitrogen and oxygen atoms in total. The average molecular weight is 356 g/mol. The van der Waals surface area contributed by atoms with Crippen molar-refractivity contribution >= 4 is 11.8 Å². The number of carbonyl (C=O) groups excluding carboxylic acids is 2. The lowest BCUT2D eigenvalue weighted by Gasteiger charge is -2.39. The van der Waals surface area contributed by atoms with Crippen molar-refractivity contribution < 1.29 is 14.7 Å². The van der Waals surface area contributed by atoms with Gasteiger partial charge in [0.05, 0.1) is 25.0 Å². The zero-order valence-electron chi connectivity index (χ0n) is 15.1. The van der Waals surface area contributed by atoms with Gasteiger partial charge in [-0.1, -0.05) is 30.3 Å². The fraction of sp³-hybridized carbons (Fsp3) is 0.421. The lowest BCUT2D eigenvalue weighted by molar-refractivity contribution is -0.159. The van der Waals surface area contributed by atoms with E-state index in [9.17, 15) is 14.7 Å². The second kappa shape index (κ2) is 7.29. The Morgan fingerprint density at radius 1 is 1.35 bits per heavy atom. The zero-order valence-corrected chi connectivity index (χ0v) is 15.1. The minimum atomic E-state index is -1.53. The van der Waals surface area contributed by atoms with Crippen LogP contribution in [0.15, 0.2) is 36.5 Å². The maximum absolute atomic E-state index is 12.8. The molecule has 3 rings (SSSR count). The first-order chi connectivity index (χ1) is 12.4. The molecular weight excluding hydrogens is 332 g/mol. The summed E-state index contributed by atoms with van der Waals surface area (Å²) in [5.74, 6) is 0.126. The van der Waals surface area contributed by atoms with E-state index >= 15 is 0 Å². The Morgan fingerprint density at radius 2 is 2.08 bits per heavy atom. The number of H-pyrrole nitrogens is 1. The van der Waals surface area contributed by atoms with Crippen molar-refractivity contribution in [3.05, 3.63) is 42.4 Å². The molecule has 1 saturated heterocycles. The highest BCUT2D eigenvalue weighted by atomic mass is 16.3. The van der Waals surface area contributed by atoms with Crippen LogP contribution >= 0.6 is 0 Å². The highest BCUT2D eigenvalue weighted by Crippen LogP contribution is 2.24. The molecule has 2 amide bonds. The number of benzene rings is 1. The van der Waals surface area contributed by atoms with Crippen LogP contribution in [0.5, 0.6) is 0 Å². The predicted octanol–water partition coefficient (Wildman–Crippen LogP) is 1.41. The second-order valence-electron chi connectivity index (χ2n) is 6.85. The molecule has 1 fully saturated rings. The summed E-state index contributed by atoms with van der Waals surface area (Å²) in [7, 11) is 1.64. The highest BCUT2D eigenvalue weighted by Gasteiger charge is 2.42. The molecule has 0 spiro atoms. The minimum Gasteiger partial charge on any atom is -0.378 e. The number of rotatable bonds is 4. The molecule has 2 heterocycles. The van der Waals surface area contributed by atoms with E-state index < -0.39 is 5.60 Å². The molecule has 26 heavy (non-hydrogen) atoms. The average Bonchev–Trinajstić information content (AvgIpc) is 3.10. The smallest absolute Gasteiger partial charge is 0.256 e. The van der Waals surface area contributed by atoms with Crippen molar-refractivity contribution in [3.63, 3.8) is 0 Å². The van der Waals surface area contributed by atoms with Gasteiger partial charge in [0.15, 0.2) is 5.60 Å². The maximum Gasteiger partial charge on any atom is 0.256 e. The number of hydrogen-bond acceptors (Lipinski definition) is 4. The Balaban J connectivity index is 1.68. The van der Waals surface area contributed by atoms with Gasteiger partial charge in [-0.25, -0.2) is 4.98 Å². The van der Waals surface area contributed by atoms with E-state index in [1.807, 2.05) is 30.3 Å². The van der Waals surface area contributed by atoms with E-state index in [1.54, 1.807) is 13.2 Å². The highest BCUT2D eigenvalue weighted by molar-refractivity contribution is 5.86. The summed E-state index contributed by atoms with van der Waals surface area (Å²) < 4.78 is 0. The molecule has 2 aromatic rings. The SMILES string of the molecule is CC(=O)N1CCC[C@](O)(C(=O)N(C)Cc2ncc(-c3ccccc3)[nH]2)C1. The molecule has 1 aliphatic rings. The molecule has 0 bridgehead atoms. The van der Waals surface area contributed by atoms with E-state index in [4.69, 9.17) is 0 Å². The molecule has 7 heteroatoms. The Morgan fingerprint density at radius 3 is 2.77 bits per heavy atom. The molecule has 0 unspecified atom stereocenters. The number of likely N-dealkylation sites (N-methyl/N-ethyl adjacent to an activating group) is 1. The summed E-state index contributed by atoms with van der Waals surface area (Å²) in [5.41, 5.74) is 0.358. The normalized spacial score (nSPS) is 20.0. The summed E-state index contributed by atoms with van der Waals surface area (Å²) in [5, 5.41) is 10.8. The fourth-order valence-electron chi connectivity index (χ4n) is 3.34. The minimum absolute atomic E-state index is 0.0406. The summed E-state index contributed by atoms with van der Waals surface area (Å²) in [4.78, 5) is 34.9. The second-order valence-corrected chi connectivity index (χ2v) is 6.85. The van der Waals surface area contributed by atoms with Crippen LogP contribution in [0, 0.1) is 0 Å². The summed E-state index contributed by atoms with van der Waals surface area (Å²) in [6, 6.07) is 9.80. The molecular formula is C19H24N4O3. The van der Waals surface area contributed by atoms with Crippen molar-refractivity contribution in [2.75, 3.05) is 20.1 Å². The number of carbonyl (C=O) groups is 2. The van der Waals surface area contributed by atoms with Crippen LogP contribution in [0.4, 0.5) is 0 Å². The first-order valence-electron chi connectivity index (χ1n) is 8.72. The van der Waals surface area contributed by atoms with Gasteiger partial charge >= 0.3 is 0 Å². The van der Waals surface area contributed by atoms with Gasteiger partial charge in [-0.3, -0.25) is 9.59 Å². The van der Waals surface area contributed by atoms with Crippen LogP contribution in [0.1, 0.15) is 25.6 Å². The molecule has 0 aliphatic carbocycles. The molecule has 1 aromatic carbocycles. The molecule has 0 saturated carbocycles. The van der Waals surface area contributed by atoms with Crippen LogP contribution in [0.3, 0.4) is 0 Å². The van der Waals surface area contributed by atoms with E-state index in [2.05, 4.69) is 9.97 Å². The van der Waals surface area contributed by atoms with Crippen LogP contribution in [-0.2, 0) is 16.1 Å². The number of nitrogens with zero attached hydrogens (tertiary/aromatic N) is 3. The zero-order chi connectivity index (χ0) is 18.7. The number of nitrogens with one attached hydrogen (secondary N) is 1. The predicted molar refractivity (Wildman–Crippen MR) is 96.9 cm³/mol. The Bertz CT molecular complexity index is 789. The first-order valence-corrected chi connectivity index (χ1v) is 8.72. The number of likely N-dealkylation sites (tertiary alicyclic amines) is 1. The fourth-order valence-corrected chi connectivity index (χ4v) is 3.34. The van der Waals surface area contributed by atoms with Gasteiger partial charge in [-0.15, -0.1) is 0 Å². The lowest BCUT2D eigenvalue weighted by atomic mass is 9.91. The van der Waals surface area contributed by atoms with Crippen LogP contribution in [0.2, 0.25) is 0 Å². The number of hydrogen-bond donors (Lipinski definition) is 2. The third kappa shape index (κ3) is 3.77. The summed E-state index contributed by atoms with van der Waals surface area (Å²) >= 11 is 0. The number of aromatic nitrogens is 2. The largest absolute Gasteiger partial charge is 0.378 e. The standard InChI is InChI=1S/C19H24N4O3/c1-14(24)23-10-6-9-19(26,13-23)18(25)22(2)12-17-20-11-16(21-17)15-7-4-3-5-8-15/h3-5,7-8,11,26H,6,9-10,12-13H2,1-2H3,(H,20,21)/t19-/m1/s1. The number of β-amino-alcohol motifs (C(OH)–C–C–N with tert-alkyl or cyclic N) is 1. The third-order valence-corrected chi connectivity index (χ3v) is 4.76. The van der Waals surface area contributed by atoms with Crippen molar-refractivity contribution in [3.8, 4) is 11.3 Å².